The molecule has 3 N–H and O–H groups in total. The lowest BCUT2D eigenvalue weighted by Crippen LogP contribution is -2.44. The summed E-state index contributed by atoms with van der Waals surface area (Å²) in [5.41, 5.74) is 6.15. The van der Waals surface area contributed by atoms with Crippen LogP contribution in [-0.2, 0) is 6.54 Å². The number of hydrogen-bond acceptors (Lipinski definition) is 8. The molecule has 0 spiro atoms. The van der Waals surface area contributed by atoms with Gasteiger partial charge in [0.15, 0.2) is 18.1 Å². The van der Waals surface area contributed by atoms with Crippen LogP contribution in [0.5, 0.6) is 6.01 Å². The number of H-pyrrole nitrogens is 1. The van der Waals surface area contributed by atoms with Crippen LogP contribution in [0.4, 0.5) is 24.8 Å². The summed E-state index contributed by atoms with van der Waals surface area (Å²) in [4.78, 5) is 31.4. The minimum Gasteiger partial charge on any atom is -0.454 e. The third-order valence-electron chi connectivity index (χ3n) is 4.97. The van der Waals surface area contributed by atoms with Crippen molar-refractivity contribution in [3.8, 4) is 6.01 Å². The fourth-order valence-electron chi connectivity index (χ4n) is 3.30. The van der Waals surface area contributed by atoms with Crippen LogP contribution in [0.2, 0.25) is 0 Å². The van der Waals surface area contributed by atoms with E-state index >= 15 is 0 Å². The van der Waals surface area contributed by atoms with Crippen LogP contribution in [0.25, 0.3) is 11.2 Å². The van der Waals surface area contributed by atoms with E-state index in [2.05, 4.69) is 41.5 Å². The number of pyridine rings is 1. The second-order valence-electron chi connectivity index (χ2n) is 7.33. The van der Waals surface area contributed by atoms with Crippen molar-refractivity contribution in [3.05, 3.63) is 34.4 Å². The molecule has 4 heterocycles. The first-order chi connectivity index (χ1) is 14.7. The highest BCUT2D eigenvalue weighted by Crippen LogP contribution is 2.21. The lowest BCUT2D eigenvalue weighted by molar-refractivity contribution is -0.154. The zero-order valence-corrected chi connectivity index (χ0v) is 16.7. The van der Waals surface area contributed by atoms with Gasteiger partial charge in [0.1, 0.15) is 11.3 Å². The Morgan fingerprint density at radius 1 is 1.19 bits per heavy atom. The number of aromatic nitrogens is 5. The summed E-state index contributed by atoms with van der Waals surface area (Å²) >= 11 is 0. The molecule has 0 unspecified atom stereocenters. The molecular weight excluding hydrogens is 417 g/mol. The van der Waals surface area contributed by atoms with E-state index in [1.165, 1.54) is 4.57 Å². The Morgan fingerprint density at radius 3 is 2.58 bits per heavy atom. The first-order valence-corrected chi connectivity index (χ1v) is 9.53. The largest absolute Gasteiger partial charge is 0.454 e. The van der Waals surface area contributed by atoms with E-state index in [4.69, 9.17) is 5.73 Å². The van der Waals surface area contributed by atoms with Crippen LogP contribution < -0.4 is 21.1 Å². The molecule has 1 fully saturated rings. The number of hydrogen-bond donors (Lipinski definition) is 2. The van der Waals surface area contributed by atoms with Crippen molar-refractivity contribution >= 4 is 22.8 Å². The smallest absolute Gasteiger partial charge is 0.422 e. The molecule has 0 saturated carbocycles. The van der Waals surface area contributed by atoms with Gasteiger partial charge >= 0.3 is 17.9 Å². The van der Waals surface area contributed by atoms with Crippen molar-refractivity contribution in [2.75, 3.05) is 50.5 Å². The highest BCUT2D eigenvalue weighted by atomic mass is 19.4. The number of ether oxygens (including phenoxy) is 1. The first-order valence-electron chi connectivity index (χ1n) is 9.53. The fourth-order valence-corrected chi connectivity index (χ4v) is 3.30. The average Bonchev–Trinajstić information content (AvgIpc) is 3.03. The van der Waals surface area contributed by atoms with Gasteiger partial charge in [-0.25, -0.2) is 9.78 Å². The van der Waals surface area contributed by atoms with Gasteiger partial charge < -0.3 is 25.3 Å². The maximum atomic E-state index is 12.4. The quantitative estimate of drug-likeness (QED) is 0.602. The van der Waals surface area contributed by atoms with Gasteiger partial charge in [-0.05, 0) is 18.7 Å². The third kappa shape index (κ3) is 4.71. The molecule has 13 heteroatoms. The number of fused-ring (bicyclic) bond motifs is 1. The van der Waals surface area contributed by atoms with Crippen LogP contribution in [-0.4, -0.2) is 75.4 Å². The molecule has 1 saturated heterocycles. The standard InChI is InChI=1S/C18H21F3N8O2/c1-27-4-6-28(7-5-27)12-3-2-11(8-23-12)9-29-15-13(24-17(29)30)14(22)25-16(26-15)31-10-18(19,20)21/h2-3,8H,4-7,9-10H2,1H3,(H,24,30)(H2,22,25,26). The molecule has 0 radical (unpaired) electrons. The number of piperazine rings is 1. The van der Waals surface area contributed by atoms with Crippen molar-refractivity contribution in [1.82, 2.24) is 29.4 Å². The zero-order valence-electron chi connectivity index (χ0n) is 16.7. The van der Waals surface area contributed by atoms with E-state index in [-0.39, 0.29) is 23.5 Å². The molecule has 3 aromatic rings. The second kappa shape index (κ2) is 8.06. The number of likely N-dealkylation sites (N-methyl/N-ethyl adjacent to an activating group) is 1. The van der Waals surface area contributed by atoms with E-state index in [9.17, 15) is 18.0 Å². The van der Waals surface area contributed by atoms with Gasteiger partial charge in [-0.1, -0.05) is 6.07 Å². The van der Waals surface area contributed by atoms with Gasteiger partial charge in [-0.15, -0.1) is 0 Å². The van der Waals surface area contributed by atoms with E-state index in [0.29, 0.717) is 0 Å². The predicted octanol–water partition coefficient (Wildman–Crippen LogP) is 0.838. The monoisotopic (exact) mass is 438 g/mol. The minimum absolute atomic E-state index is 0.0535. The Kier molecular flexibility index (Phi) is 5.43. The molecule has 10 nitrogen and oxygen atoms in total. The minimum atomic E-state index is -4.55. The van der Waals surface area contributed by atoms with Crippen molar-refractivity contribution in [2.24, 2.45) is 0 Å². The molecule has 0 aliphatic carbocycles. The molecule has 4 rings (SSSR count). The lowest BCUT2D eigenvalue weighted by Gasteiger charge is -2.33. The van der Waals surface area contributed by atoms with Crippen LogP contribution >= 0.6 is 0 Å². The van der Waals surface area contributed by atoms with Gasteiger partial charge in [0.25, 0.3) is 0 Å². The summed E-state index contributed by atoms with van der Waals surface area (Å²) < 4.78 is 43.1. The van der Waals surface area contributed by atoms with E-state index < -0.39 is 24.5 Å². The number of aromatic amines is 1. The molecule has 0 atom stereocenters. The molecule has 0 amide bonds. The molecule has 1 aliphatic heterocycles. The third-order valence-corrected chi connectivity index (χ3v) is 4.97. The van der Waals surface area contributed by atoms with Gasteiger partial charge in [-0.3, -0.25) is 4.57 Å². The van der Waals surface area contributed by atoms with Gasteiger partial charge in [0.05, 0.1) is 6.54 Å². The van der Waals surface area contributed by atoms with Crippen molar-refractivity contribution < 1.29 is 17.9 Å². The molecular formula is C18H21F3N8O2. The van der Waals surface area contributed by atoms with E-state index in [1.54, 1.807) is 6.20 Å². The maximum absolute atomic E-state index is 12.4. The number of nitrogen functional groups attached to an aromatic ring is 1. The Labute approximate surface area is 174 Å². The summed E-state index contributed by atoms with van der Waals surface area (Å²) in [6, 6.07) is 3.16. The summed E-state index contributed by atoms with van der Waals surface area (Å²) in [6.07, 6.45) is -2.90. The van der Waals surface area contributed by atoms with Crippen LogP contribution in [0.15, 0.2) is 23.1 Å². The number of nitrogens with two attached hydrogens (primary N) is 1. The van der Waals surface area contributed by atoms with Crippen LogP contribution in [0.1, 0.15) is 5.56 Å². The number of halogens is 3. The molecule has 0 aromatic carbocycles. The topological polar surface area (TPSA) is 118 Å². The molecule has 1 aliphatic rings. The van der Waals surface area contributed by atoms with E-state index in [0.717, 1.165) is 37.6 Å². The van der Waals surface area contributed by atoms with Crippen LogP contribution in [0, 0.1) is 0 Å². The SMILES string of the molecule is CN1CCN(c2ccc(Cn3c(=O)[nH]c4c(N)nc(OCC(F)(F)F)nc43)cn2)CC1. The normalized spacial score (nSPS) is 15.5. The van der Waals surface area contributed by atoms with Crippen LogP contribution in [0.3, 0.4) is 0 Å². The number of nitrogens with zero attached hydrogens (tertiary/aromatic N) is 6. The van der Waals surface area contributed by atoms with Gasteiger partial charge in [0.2, 0.25) is 0 Å². The second-order valence-corrected chi connectivity index (χ2v) is 7.33. The summed E-state index contributed by atoms with van der Waals surface area (Å²) in [7, 11) is 2.07. The number of anilines is 2. The van der Waals surface area contributed by atoms with Crippen molar-refractivity contribution in [2.45, 2.75) is 12.7 Å². The zero-order chi connectivity index (χ0) is 22.2. The molecule has 3 aromatic heterocycles. The number of imidazole rings is 1. The number of rotatable bonds is 5. The summed E-state index contributed by atoms with van der Waals surface area (Å²) in [5, 5.41) is 0. The van der Waals surface area contributed by atoms with E-state index in [1.807, 2.05) is 12.1 Å². The summed E-state index contributed by atoms with van der Waals surface area (Å²) in [6.45, 7) is 2.19. The highest BCUT2D eigenvalue weighted by Gasteiger charge is 2.29. The molecule has 166 valence electrons. The Morgan fingerprint density at radius 2 is 1.94 bits per heavy atom. The Bertz CT molecular complexity index is 1120. The van der Waals surface area contributed by atoms with Gasteiger partial charge in [0, 0.05) is 32.4 Å². The summed E-state index contributed by atoms with van der Waals surface area (Å²) in [5.74, 6) is 0.666. The number of alkyl halides is 3. The average molecular weight is 438 g/mol. The Hall–Kier alpha value is -3.35. The number of nitrogens with one attached hydrogen (secondary N) is 1. The first kappa shape index (κ1) is 20.9. The maximum Gasteiger partial charge on any atom is 0.422 e. The van der Waals surface area contributed by atoms with Gasteiger partial charge in [-0.2, -0.15) is 23.1 Å². The Balaban J connectivity index is 1.57. The predicted molar refractivity (Wildman–Crippen MR) is 107 cm³/mol. The highest BCUT2D eigenvalue weighted by molar-refractivity contribution is 5.81. The van der Waals surface area contributed by atoms with Crippen molar-refractivity contribution in [3.63, 3.8) is 0 Å². The lowest BCUT2D eigenvalue weighted by atomic mass is 10.2. The van der Waals surface area contributed by atoms with Crippen molar-refractivity contribution in [1.29, 1.82) is 0 Å². The fraction of sp³-hybridized carbons (Fsp3) is 0.444. The molecule has 31 heavy (non-hydrogen) atoms. The molecule has 0 bridgehead atoms.